The second kappa shape index (κ2) is 9.73. The van der Waals surface area contributed by atoms with Gasteiger partial charge in [0.15, 0.2) is 5.96 Å². The zero-order chi connectivity index (χ0) is 18.6. The molecule has 1 aromatic carbocycles. The normalized spacial score (nSPS) is 20.4. The van der Waals surface area contributed by atoms with Crippen LogP contribution in [0.5, 0.6) is 0 Å². The monoisotopic (exact) mass is 495 g/mol. The third-order valence-electron chi connectivity index (χ3n) is 5.61. The standard InChI is InChI=1S/C21H29N5O.HI/c1-16-5-7-17(8-6-16)20-24-18(15-27-20)13-23-21(22-2)26-12-9-19(14-26)25-10-3-4-11-25;/h5-8,15,19H,3-4,9-14H2,1-2H3,(H,22,23);1H. The largest absolute Gasteiger partial charge is 0.444 e. The number of rotatable bonds is 4. The minimum Gasteiger partial charge on any atom is -0.444 e. The van der Waals surface area contributed by atoms with Crippen molar-refractivity contribution < 1.29 is 4.42 Å². The molecular weight excluding hydrogens is 465 g/mol. The Labute approximate surface area is 184 Å². The van der Waals surface area contributed by atoms with Gasteiger partial charge in [-0.2, -0.15) is 0 Å². The molecule has 0 amide bonds. The summed E-state index contributed by atoms with van der Waals surface area (Å²) in [6.45, 7) is 7.33. The van der Waals surface area contributed by atoms with E-state index in [0.717, 1.165) is 30.3 Å². The summed E-state index contributed by atoms with van der Waals surface area (Å²) in [5.41, 5.74) is 3.13. The lowest BCUT2D eigenvalue weighted by molar-refractivity contribution is 0.249. The number of nitrogens with zero attached hydrogens (tertiary/aromatic N) is 4. The van der Waals surface area contributed by atoms with Crippen molar-refractivity contribution >= 4 is 29.9 Å². The molecule has 6 nitrogen and oxygen atoms in total. The summed E-state index contributed by atoms with van der Waals surface area (Å²) >= 11 is 0. The van der Waals surface area contributed by atoms with Crippen LogP contribution in [0, 0.1) is 6.92 Å². The summed E-state index contributed by atoms with van der Waals surface area (Å²) in [6.07, 6.45) is 5.65. The first kappa shape index (κ1) is 21.1. The van der Waals surface area contributed by atoms with Crippen molar-refractivity contribution in [2.45, 2.75) is 38.8 Å². The molecule has 2 aromatic rings. The number of hydrogen-bond donors (Lipinski definition) is 1. The van der Waals surface area contributed by atoms with Gasteiger partial charge in [0.05, 0.1) is 12.2 Å². The number of guanidine groups is 1. The second-order valence-corrected chi connectivity index (χ2v) is 7.54. The molecule has 0 saturated carbocycles. The molecule has 0 aliphatic carbocycles. The summed E-state index contributed by atoms with van der Waals surface area (Å²) in [7, 11) is 1.85. The van der Waals surface area contributed by atoms with E-state index in [0.29, 0.717) is 18.5 Å². The molecule has 2 aliphatic rings. The molecule has 2 saturated heterocycles. The zero-order valence-corrected chi connectivity index (χ0v) is 19.1. The summed E-state index contributed by atoms with van der Waals surface area (Å²) in [4.78, 5) is 14.1. The molecule has 1 atom stereocenters. The Kier molecular flexibility index (Phi) is 7.34. The highest BCUT2D eigenvalue weighted by Gasteiger charge is 2.30. The molecule has 4 rings (SSSR count). The van der Waals surface area contributed by atoms with Crippen LogP contribution in [0.25, 0.3) is 11.5 Å². The van der Waals surface area contributed by atoms with E-state index in [4.69, 9.17) is 4.42 Å². The second-order valence-electron chi connectivity index (χ2n) is 7.54. The van der Waals surface area contributed by atoms with E-state index < -0.39 is 0 Å². The van der Waals surface area contributed by atoms with Gasteiger partial charge < -0.3 is 14.6 Å². The fourth-order valence-corrected chi connectivity index (χ4v) is 4.06. The number of oxazole rings is 1. The van der Waals surface area contributed by atoms with Gasteiger partial charge in [-0.25, -0.2) is 4.98 Å². The number of halogens is 1. The molecule has 28 heavy (non-hydrogen) atoms. The molecule has 7 heteroatoms. The fraction of sp³-hybridized carbons (Fsp3) is 0.524. The van der Waals surface area contributed by atoms with E-state index >= 15 is 0 Å². The van der Waals surface area contributed by atoms with E-state index in [1.54, 1.807) is 6.26 Å². The number of aliphatic imine (C=N–C) groups is 1. The lowest BCUT2D eigenvalue weighted by Crippen LogP contribution is -2.42. The van der Waals surface area contributed by atoms with E-state index in [2.05, 4.69) is 44.1 Å². The SMILES string of the molecule is CN=C(NCc1coc(-c2ccc(C)cc2)n1)N1CCC(N2CCCC2)C1.I. The van der Waals surface area contributed by atoms with Gasteiger partial charge in [-0.05, 0) is 51.4 Å². The number of benzene rings is 1. The van der Waals surface area contributed by atoms with Gasteiger partial charge in [0, 0.05) is 31.7 Å². The van der Waals surface area contributed by atoms with Gasteiger partial charge in [-0.15, -0.1) is 24.0 Å². The van der Waals surface area contributed by atoms with Gasteiger partial charge >= 0.3 is 0 Å². The smallest absolute Gasteiger partial charge is 0.226 e. The first-order chi connectivity index (χ1) is 13.2. The Hall–Kier alpha value is -1.61. The van der Waals surface area contributed by atoms with Crippen molar-refractivity contribution in [2.24, 2.45) is 4.99 Å². The molecular formula is C21H30IN5O. The van der Waals surface area contributed by atoms with E-state index in [9.17, 15) is 0 Å². The van der Waals surface area contributed by atoms with E-state index in [1.165, 1.54) is 37.9 Å². The maximum Gasteiger partial charge on any atom is 0.226 e. The fourth-order valence-electron chi connectivity index (χ4n) is 4.06. The highest BCUT2D eigenvalue weighted by atomic mass is 127. The Balaban J connectivity index is 0.00000225. The lowest BCUT2D eigenvalue weighted by atomic mass is 10.1. The zero-order valence-electron chi connectivity index (χ0n) is 16.7. The average Bonchev–Trinajstić information content (AvgIpc) is 3.44. The molecule has 1 unspecified atom stereocenters. The van der Waals surface area contributed by atoms with Crippen molar-refractivity contribution in [1.29, 1.82) is 0 Å². The van der Waals surface area contributed by atoms with Crippen molar-refractivity contribution in [2.75, 3.05) is 33.2 Å². The number of likely N-dealkylation sites (tertiary alicyclic amines) is 2. The Morgan fingerprint density at radius 1 is 1.21 bits per heavy atom. The minimum absolute atomic E-state index is 0. The molecule has 2 aliphatic heterocycles. The first-order valence-electron chi connectivity index (χ1n) is 9.94. The Morgan fingerprint density at radius 2 is 1.96 bits per heavy atom. The minimum atomic E-state index is 0. The number of nitrogens with one attached hydrogen (secondary N) is 1. The maximum absolute atomic E-state index is 5.66. The average molecular weight is 495 g/mol. The lowest BCUT2D eigenvalue weighted by Gasteiger charge is -2.25. The highest BCUT2D eigenvalue weighted by molar-refractivity contribution is 14.0. The third kappa shape index (κ3) is 4.86. The topological polar surface area (TPSA) is 56.9 Å². The van der Waals surface area contributed by atoms with E-state index in [-0.39, 0.29) is 24.0 Å². The van der Waals surface area contributed by atoms with Crippen LogP contribution in [0.4, 0.5) is 0 Å². The van der Waals surface area contributed by atoms with E-state index in [1.807, 2.05) is 19.2 Å². The van der Waals surface area contributed by atoms with Crippen LogP contribution in [-0.4, -0.2) is 60.0 Å². The maximum atomic E-state index is 5.66. The molecule has 152 valence electrons. The summed E-state index contributed by atoms with van der Waals surface area (Å²) in [5.74, 6) is 1.62. The van der Waals surface area contributed by atoms with Crippen LogP contribution in [0.1, 0.15) is 30.5 Å². The van der Waals surface area contributed by atoms with Crippen LogP contribution in [0.2, 0.25) is 0 Å². The molecule has 3 heterocycles. The summed E-state index contributed by atoms with van der Waals surface area (Å²) in [6, 6.07) is 8.90. The predicted octanol–water partition coefficient (Wildman–Crippen LogP) is 3.51. The molecule has 0 spiro atoms. The van der Waals surface area contributed by atoms with Gasteiger partial charge in [-0.3, -0.25) is 9.89 Å². The van der Waals surface area contributed by atoms with Crippen LogP contribution < -0.4 is 5.32 Å². The Bertz CT molecular complexity index is 782. The van der Waals surface area contributed by atoms with Crippen LogP contribution in [0.15, 0.2) is 39.9 Å². The van der Waals surface area contributed by atoms with Crippen molar-refractivity contribution in [3.63, 3.8) is 0 Å². The van der Waals surface area contributed by atoms with Gasteiger partial charge in [0.1, 0.15) is 6.26 Å². The highest BCUT2D eigenvalue weighted by Crippen LogP contribution is 2.21. The third-order valence-corrected chi connectivity index (χ3v) is 5.61. The van der Waals surface area contributed by atoms with Crippen molar-refractivity contribution in [3.05, 3.63) is 41.8 Å². The summed E-state index contributed by atoms with van der Waals surface area (Å²) < 4.78 is 5.66. The van der Waals surface area contributed by atoms with Crippen LogP contribution in [-0.2, 0) is 6.54 Å². The first-order valence-corrected chi connectivity index (χ1v) is 9.94. The molecule has 1 N–H and O–H groups in total. The van der Waals surface area contributed by atoms with Gasteiger partial charge in [0.25, 0.3) is 0 Å². The van der Waals surface area contributed by atoms with Gasteiger partial charge in [0.2, 0.25) is 5.89 Å². The van der Waals surface area contributed by atoms with Crippen LogP contribution >= 0.6 is 24.0 Å². The quantitative estimate of drug-likeness (QED) is 0.400. The Morgan fingerprint density at radius 3 is 2.68 bits per heavy atom. The van der Waals surface area contributed by atoms with Crippen molar-refractivity contribution in [3.8, 4) is 11.5 Å². The molecule has 0 bridgehead atoms. The van der Waals surface area contributed by atoms with Crippen molar-refractivity contribution in [1.82, 2.24) is 20.1 Å². The van der Waals surface area contributed by atoms with Gasteiger partial charge in [-0.1, -0.05) is 17.7 Å². The number of aromatic nitrogens is 1. The predicted molar refractivity (Wildman–Crippen MR) is 123 cm³/mol. The number of hydrogen-bond acceptors (Lipinski definition) is 4. The number of aryl methyl sites for hydroxylation is 1. The molecule has 1 aromatic heterocycles. The summed E-state index contributed by atoms with van der Waals surface area (Å²) in [5, 5.41) is 3.45. The molecule has 2 fully saturated rings. The van der Waals surface area contributed by atoms with Crippen LogP contribution in [0.3, 0.4) is 0 Å². The molecule has 0 radical (unpaired) electrons.